The number of nitrogens with one attached hydrogen (secondary N) is 1. The van der Waals surface area contributed by atoms with Gasteiger partial charge in [0.05, 0.1) is 5.52 Å². The van der Waals surface area contributed by atoms with E-state index in [9.17, 15) is 4.79 Å². The van der Waals surface area contributed by atoms with Crippen LogP contribution >= 0.6 is 0 Å². The molecule has 0 aliphatic carbocycles. The summed E-state index contributed by atoms with van der Waals surface area (Å²) in [5.74, 6) is -0.426. The van der Waals surface area contributed by atoms with Gasteiger partial charge >= 0.3 is 0 Å². The minimum absolute atomic E-state index is 0.426. The van der Waals surface area contributed by atoms with Crippen molar-refractivity contribution in [3.63, 3.8) is 0 Å². The zero-order valence-electron chi connectivity index (χ0n) is 14.2. The quantitative estimate of drug-likeness (QED) is 0.764. The van der Waals surface area contributed by atoms with E-state index >= 15 is 0 Å². The van der Waals surface area contributed by atoms with Crippen LogP contribution in [-0.2, 0) is 7.05 Å². The second-order valence-corrected chi connectivity index (χ2v) is 6.35. The smallest absolute Gasteiger partial charge is 0.248 e. The lowest BCUT2D eigenvalue weighted by atomic mass is 10.1. The SMILES string of the molecule is Cn1nc(-c2ccc(N3CCNCC3)cc2)c2ccc(C(N)=O)cc21. The van der Waals surface area contributed by atoms with Crippen molar-refractivity contribution in [2.24, 2.45) is 12.8 Å². The number of anilines is 1. The molecule has 0 atom stereocenters. The standard InChI is InChI=1S/C19H21N5O/c1-23-17-12-14(19(20)25)4-7-16(17)18(22-23)13-2-5-15(6-3-13)24-10-8-21-9-11-24/h2-7,12,21H,8-11H2,1H3,(H2,20,25). The molecule has 1 fully saturated rings. The highest BCUT2D eigenvalue weighted by molar-refractivity contribution is 6.00. The summed E-state index contributed by atoms with van der Waals surface area (Å²) in [7, 11) is 1.88. The third-order valence-corrected chi connectivity index (χ3v) is 4.76. The van der Waals surface area contributed by atoms with Crippen molar-refractivity contribution in [1.29, 1.82) is 0 Å². The van der Waals surface area contributed by atoms with Crippen molar-refractivity contribution in [3.8, 4) is 11.3 Å². The molecule has 128 valence electrons. The highest BCUT2D eigenvalue weighted by atomic mass is 16.1. The van der Waals surface area contributed by atoms with Crippen molar-refractivity contribution < 1.29 is 4.79 Å². The van der Waals surface area contributed by atoms with Gasteiger partial charge in [-0.2, -0.15) is 5.10 Å². The zero-order valence-corrected chi connectivity index (χ0v) is 14.2. The van der Waals surface area contributed by atoms with E-state index in [1.165, 1.54) is 5.69 Å². The van der Waals surface area contributed by atoms with Crippen LogP contribution in [0.3, 0.4) is 0 Å². The lowest BCUT2D eigenvalue weighted by molar-refractivity contribution is 0.100. The average Bonchev–Trinajstić information content (AvgIpc) is 2.99. The number of aromatic nitrogens is 2. The molecule has 6 nitrogen and oxygen atoms in total. The van der Waals surface area contributed by atoms with Crippen LogP contribution in [0, 0.1) is 0 Å². The van der Waals surface area contributed by atoms with E-state index < -0.39 is 5.91 Å². The minimum Gasteiger partial charge on any atom is -0.369 e. The maximum atomic E-state index is 11.4. The average molecular weight is 335 g/mol. The van der Waals surface area contributed by atoms with Gasteiger partial charge in [-0.15, -0.1) is 0 Å². The normalized spacial score (nSPS) is 14.8. The lowest BCUT2D eigenvalue weighted by Crippen LogP contribution is -2.43. The van der Waals surface area contributed by atoms with Crippen LogP contribution in [0.15, 0.2) is 42.5 Å². The molecule has 25 heavy (non-hydrogen) atoms. The maximum Gasteiger partial charge on any atom is 0.248 e. The van der Waals surface area contributed by atoms with Crippen LogP contribution in [0.4, 0.5) is 5.69 Å². The van der Waals surface area contributed by atoms with Gasteiger partial charge in [0.15, 0.2) is 0 Å². The number of piperazine rings is 1. The first-order valence-corrected chi connectivity index (χ1v) is 8.46. The Morgan fingerprint density at radius 1 is 1.12 bits per heavy atom. The number of aryl methyl sites for hydroxylation is 1. The van der Waals surface area contributed by atoms with Gasteiger partial charge in [0.1, 0.15) is 5.69 Å². The summed E-state index contributed by atoms with van der Waals surface area (Å²) in [6, 6.07) is 14.0. The molecule has 1 aromatic heterocycles. The predicted molar refractivity (Wildman–Crippen MR) is 99.8 cm³/mol. The molecule has 2 heterocycles. The van der Waals surface area contributed by atoms with E-state index in [-0.39, 0.29) is 0 Å². The molecule has 0 radical (unpaired) electrons. The van der Waals surface area contributed by atoms with Crippen molar-refractivity contribution in [2.75, 3.05) is 31.1 Å². The number of primary amides is 1. The monoisotopic (exact) mass is 335 g/mol. The molecule has 3 aromatic rings. The summed E-state index contributed by atoms with van der Waals surface area (Å²) in [5, 5.41) is 9.03. The molecule has 1 aliphatic heterocycles. The van der Waals surface area contributed by atoms with Crippen LogP contribution in [-0.4, -0.2) is 41.9 Å². The Balaban J connectivity index is 1.70. The van der Waals surface area contributed by atoms with Crippen molar-refractivity contribution >= 4 is 22.5 Å². The molecule has 6 heteroatoms. The Morgan fingerprint density at radius 3 is 2.52 bits per heavy atom. The molecule has 1 amide bonds. The number of hydrogen-bond acceptors (Lipinski definition) is 4. The Bertz CT molecular complexity index is 923. The van der Waals surface area contributed by atoms with Crippen molar-refractivity contribution in [2.45, 2.75) is 0 Å². The molecule has 0 spiro atoms. The summed E-state index contributed by atoms with van der Waals surface area (Å²) in [5.41, 5.74) is 10.00. The number of nitrogens with zero attached hydrogens (tertiary/aromatic N) is 3. The Kier molecular flexibility index (Phi) is 3.89. The number of nitrogens with two attached hydrogens (primary N) is 1. The molecule has 1 saturated heterocycles. The first-order chi connectivity index (χ1) is 12.1. The van der Waals surface area contributed by atoms with Gasteiger partial charge in [0.25, 0.3) is 0 Å². The third-order valence-electron chi connectivity index (χ3n) is 4.76. The van der Waals surface area contributed by atoms with Gasteiger partial charge in [-0.05, 0) is 30.3 Å². The van der Waals surface area contributed by atoms with E-state index in [0.29, 0.717) is 5.56 Å². The summed E-state index contributed by atoms with van der Waals surface area (Å²) >= 11 is 0. The molecule has 4 rings (SSSR count). The third kappa shape index (κ3) is 2.85. The second-order valence-electron chi connectivity index (χ2n) is 6.35. The van der Waals surface area contributed by atoms with Gasteiger partial charge in [-0.3, -0.25) is 9.48 Å². The molecule has 3 N–H and O–H groups in total. The van der Waals surface area contributed by atoms with E-state index in [0.717, 1.165) is 48.3 Å². The van der Waals surface area contributed by atoms with Gasteiger partial charge in [0.2, 0.25) is 5.91 Å². The number of hydrogen-bond donors (Lipinski definition) is 2. The fraction of sp³-hybridized carbons (Fsp3) is 0.263. The molecule has 0 unspecified atom stereocenters. The Morgan fingerprint density at radius 2 is 1.84 bits per heavy atom. The summed E-state index contributed by atoms with van der Waals surface area (Å²) in [6.45, 7) is 4.10. The lowest BCUT2D eigenvalue weighted by Gasteiger charge is -2.29. The van der Waals surface area contributed by atoms with Crippen LogP contribution in [0.5, 0.6) is 0 Å². The fourth-order valence-electron chi connectivity index (χ4n) is 3.38. The molecule has 0 saturated carbocycles. The second kappa shape index (κ2) is 6.22. The highest BCUT2D eigenvalue weighted by Crippen LogP contribution is 2.29. The molecule has 0 bridgehead atoms. The van der Waals surface area contributed by atoms with Crippen LogP contribution < -0.4 is 16.0 Å². The van der Waals surface area contributed by atoms with Crippen molar-refractivity contribution in [3.05, 3.63) is 48.0 Å². The fourth-order valence-corrected chi connectivity index (χ4v) is 3.38. The van der Waals surface area contributed by atoms with Gasteiger partial charge in [0, 0.05) is 55.4 Å². The van der Waals surface area contributed by atoms with E-state index in [2.05, 4.69) is 39.6 Å². The predicted octanol–water partition coefficient (Wildman–Crippen LogP) is 1.75. The maximum absolute atomic E-state index is 11.4. The number of carbonyl (C=O) groups excluding carboxylic acids is 1. The molecule has 1 aliphatic rings. The van der Waals surface area contributed by atoms with E-state index in [1.54, 1.807) is 16.8 Å². The Hall–Kier alpha value is -2.86. The number of rotatable bonds is 3. The number of carbonyl (C=O) groups is 1. The van der Waals surface area contributed by atoms with E-state index in [4.69, 9.17) is 5.73 Å². The minimum atomic E-state index is -0.426. The van der Waals surface area contributed by atoms with Gasteiger partial charge < -0.3 is 16.0 Å². The molecular formula is C19H21N5O. The first kappa shape index (κ1) is 15.7. The Labute approximate surface area is 146 Å². The summed E-state index contributed by atoms with van der Waals surface area (Å²) in [6.07, 6.45) is 0. The van der Waals surface area contributed by atoms with Gasteiger partial charge in [-0.1, -0.05) is 12.1 Å². The molecular weight excluding hydrogens is 314 g/mol. The van der Waals surface area contributed by atoms with Crippen molar-refractivity contribution in [1.82, 2.24) is 15.1 Å². The number of amides is 1. The molecule has 2 aromatic carbocycles. The topological polar surface area (TPSA) is 76.2 Å². The number of benzene rings is 2. The summed E-state index contributed by atoms with van der Waals surface area (Å²) in [4.78, 5) is 13.8. The first-order valence-electron chi connectivity index (χ1n) is 8.46. The number of fused-ring (bicyclic) bond motifs is 1. The van der Waals surface area contributed by atoms with E-state index in [1.807, 2.05) is 13.1 Å². The summed E-state index contributed by atoms with van der Waals surface area (Å²) < 4.78 is 1.79. The van der Waals surface area contributed by atoms with Gasteiger partial charge in [-0.25, -0.2) is 0 Å². The largest absolute Gasteiger partial charge is 0.369 e. The highest BCUT2D eigenvalue weighted by Gasteiger charge is 2.14. The van der Waals surface area contributed by atoms with Crippen LogP contribution in [0.2, 0.25) is 0 Å². The zero-order chi connectivity index (χ0) is 17.4. The van der Waals surface area contributed by atoms with Crippen LogP contribution in [0.25, 0.3) is 22.2 Å². The van der Waals surface area contributed by atoms with Crippen LogP contribution in [0.1, 0.15) is 10.4 Å².